The van der Waals surface area contributed by atoms with E-state index in [0.717, 1.165) is 5.39 Å². The van der Waals surface area contributed by atoms with Crippen molar-refractivity contribution in [2.45, 2.75) is 0 Å². The van der Waals surface area contributed by atoms with Crippen LogP contribution < -0.4 is 5.43 Å². The summed E-state index contributed by atoms with van der Waals surface area (Å²) in [5.74, 6) is -0.867. The molecule has 0 spiro atoms. The Balaban J connectivity index is 2.52. The van der Waals surface area contributed by atoms with Crippen LogP contribution in [0.2, 0.25) is 0 Å². The zero-order valence-corrected chi connectivity index (χ0v) is 10.9. The normalized spacial score (nSPS) is 11.0. The van der Waals surface area contributed by atoms with Gasteiger partial charge in [-0.15, -0.1) is 4.91 Å². The second-order valence-corrected chi connectivity index (χ2v) is 4.86. The fourth-order valence-electron chi connectivity index (χ4n) is 2.08. The monoisotopic (exact) mass is 319 g/mol. The third kappa shape index (κ3) is 1.78. The number of fused-ring (bicyclic) bond motifs is 3. The molecule has 7 heteroatoms. The van der Waals surface area contributed by atoms with Crippen LogP contribution in [-0.4, -0.2) is 15.9 Å². The van der Waals surface area contributed by atoms with Gasteiger partial charge in [-0.05, 0) is 34.1 Å². The van der Waals surface area contributed by atoms with Crippen LogP contribution in [0.15, 0.2) is 38.8 Å². The standard InChI is InChI=1S/C12H6BrN3O3/c13-9-4-7(12(18)16-19)11-10(15-9)6-2-1-5(17)3-8(6)14-11/h1-4,14-15H. The van der Waals surface area contributed by atoms with Gasteiger partial charge in [0.15, 0.2) is 5.43 Å². The van der Waals surface area contributed by atoms with Crippen LogP contribution in [-0.2, 0) is 0 Å². The van der Waals surface area contributed by atoms with Gasteiger partial charge < -0.3 is 9.97 Å². The molecule has 0 fully saturated rings. The van der Waals surface area contributed by atoms with Crippen LogP contribution in [0.25, 0.3) is 21.9 Å². The highest BCUT2D eigenvalue weighted by molar-refractivity contribution is 9.10. The van der Waals surface area contributed by atoms with Gasteiger partial charge >= 0.3 is 5.91 Å². The Bertz CT molecular complexity index is 894. The van der Waals surface area contributed by atoms with E-state index in [1.807, 2.05) is 0 Å². The molecule has 94 valence electrons. The second kappa shape index (κ2) is 4.13. The number of pyridine rings is 1. The van der Waals surface area contributed by atoms with Gasteiger partial charge in [0.2, 0.25) is 0 Å². The van der Waals surface area contributed by atoms with E-state index in [9.17, 15) is 14.5 Å². The number of nitroso groups, excluding NO2 is 1. The number of carbonyl (C=O) groups excluding carboxylic acids is 1. The van der Waals surface area contributed by atoms with E-state index < -0.39 is 5.91 Å². The van der Waals surface area contributed by atoms with Gasteiger partial charge in [-0.1, -0.05) is 0 Å². The van der Waals surface area contributed by atoms with Crippen LogP contribution in [0.5, 0.6) is 0 Å². The maximum absolute atomic E-state index is 11.5. The molecule has 3 aromatic rings. The van der Waals surface area contributed by atoms with Gasteiger partial charge in [-0.2, -0.15) is 0 Å². The van der Waals surface area contributed by atoms with E-state index in [4.69, 9.17) is 0 Å². The lowest BCUT2D eigenvalue weighted by atomic mass is 10.2. The first kappa shape index (κ1) is 11.8. The van der Waals surface area contributed by atoms with Crippen LogP contribution in [0.4, 0.5) is 0 Å². The molecular weight excluding hydrogens is 314 g/mol. The van der Waals surface area contributed by atoms with Crippen LogP contribution in [0.1, 0.15) is 10.4 Å². The van der Waals surface area contributed by atoms with Gasteiger partial charge in [0.1, 0.15) is 0 Å². The van der Waals surface area contributed by atoms with Gasteiger partial charge in [0.05, 0.1) is 26.7 Å². The van der Waals surface area contributed by atoms with Crippen molar-refractivity contribution in [2.75, 3.05) is 0 Å². The Morgan fingerprint density at radius 3 is 2.68 bits per heavy atom. The smallest absolute Gasteiger partial charge is 0.319 e. The van der Waals surface area contributed by atoms with E-state index in [-0.39, 0.29) is 11.0 Å². The minimum Gasteiger partial charge on any atom is -0.352 e. The highest BCUT2D eigenvalue weighted by Gasteiger charge is 2.16. The number of amides is 1. The highest BCUT2D eigenvalue weighted by Crippen LogP contribution is 2.27. The molecule has 1 aromatic carbocycles. The largest absolute Gasteiger partial charge is 0.352 e. The molecule has 0 aliphatic carbocycles. The lowest BCUT2D eigenvalue weighted by molar-refractivity contribution is 0.100. The Hall–Kier alpha value is -2.28. The lowest BCUT2D eigenvalue weighted by Crippen LogP contribution is -1.96. The minimum atomic E-state index is -0.867. The number of halogens is 1. The summed E-state index contributed by atoms with van der Waals surface area (Å²) in [6, 6.07) is 5.99. The SMILES string of the molecule is O=NC(=O)c1cc(Br)[nH]c2c1[nH]c1cc(=O)ccc12. The van der Waals surface area contributed by atoms with Crippen LogP contribution in [0, 0.1) is 4.91 Å². The van der Waals surface area contributed by atoms with Crippen molar-refractivity contribution < 1.29 is 4.79 Å². The fraction of sp³-hybridized carbons (Fsp3) is 0. The molecule has 0 aliphatic heterocycles. The molecule has 19 heavy (non-hydrogen) atoms. The predicted octanol–water partition coefficient (Wildman–Crippen LogP) is 2.68. The number of aromatic amines is 2. The molecule has 0 saturated carbocycles. The quantitative estimate of drug-likeness (QED) is 0.533. The zero-order valence-electron chi connectivity index (χ0n) is 9.36. The van der Waals surface area contributed by atoms with Crippen molar-refractivity contribution in [2.24, 2.45) is 5.18 Å². The van der Waals surface area contributed by atoms with Crippen molar-refractivity contribution in [3.8, 4) is 0 Å². The topological polar surface area (TPSA) is 95.2 Å². The molecular formula is C12H6BrN3O3. The maximum Gasteiger partial charge on any atom is 0.319 e. The number of H-pyrrole nitrogens is 2. The van der Waals surface area contributed by atoms with Gasteiger partial charge in [-0.25, -0.2) is 0 Å². The van der Waals surface area contributed by atoms with Crippen LogP contribution >= 0.6 is 15.9 Å². The maximum atomic E-state index is 11.5. The third-order valence-corrected chi connectivity index (χ3v) is 3.30. The molecule has 0 unspecified atom stereocenters. The number of hydrogen-bond acceptors (Lipinski definition) is 3. The molecule has 0 saturated heterocycles. The Labute approximate surface area is 113 Å². The number of rotatable bonds is 1. The number of benzene rings is 1. The number of carbonyl (C=O) groups is 1. The van der Waals surface area contributed by atoms with Crippen molar-refractivity contribution in [1.82, 2.24) is 9.97 Å². The van der Waals surface area contributed by atoms with Crippen molar-refractivity contribution >= 4 is 43.8 Å². The molecule has 3 rings (SSSR count). The third-order valence-electron chi connectivity index (χ3n) is 2.87. The predicted molar refractivity (Wildman–Crippen MR) is 74.3 cm³/mol. The summed E-state index contributed by atoms with van der Waals surface area (Å²) < 4.78 is 0.541. The summed E-state index contributed by atoms with van der Waals surface area (Å²) in [4.78, 5) is 39.3. The number of nitrogens with zero attached hydrogens (tertiary/aromatic N) is 1. The number of aromatic nitrogens is 2. The molecule has 0 aliphatic rings. The molecule has 6 nitrogen and oxygen atoms in total. The van der Waals surface area contributed by atoms with E-state index in [1.54, 1.807) is 6.07 Å². The van der Waals surface area contributed by atoms with Crippen LogP contribution in [0.3, 0.4) is 0 Å². The van der Waals surface area contributed by atoms with Gasteiger partial charge in [0.25, 0.3) is 0 Å². The summed E-state index contributed by atoms with van der Waals surface area (Å²) in [5, 5.41) is 3.19. The molecule has 2 heterocycles. The summed E-state index contributed by atoms with van der Waals surface area (Å²) >= 11 is 3.24. The molecule has 0 atom stereocenters. The lowest BCUT2D eigenvalue weighted by Gasteiger charge is -1.99. The second-order valence-electron chi connectivity index (χ2n) is 4.01. The average molecular weight is 320 g/mol. The number of hydrogen-bond donors (Lipinski definition) is 2. The Kier molecular flexibility index (Phi) is 2.56. The summed E-state index contributed by atoms with van der Waals surface area (Å²) in [7, 11) is 0. The summed E-state index contributed by atoms with van der Waals surface area (Å²) in [5.41, 5.74) is 1.69. The minimum absolute atomic E-state index is 0.139. The molecule has 0 radical (unpaired) electrons. The first-order valence-corrected chi connectivity index (χ1v) is 6.11. The van der Waals surface area contributed by atoms with Gasteiger partial charge in [0, 0.05) is 16.6 Å². The summed E-state index contributed by atoms with van der Waals surface area (Å²) in [6.07, 6.45) is 0. The molecule has 0 bridgehead atoms. The summed E-state index contributed by atoms with van der Waals surface area (Å²) in [6.45, 7) is 0. The molecule has 2 N–H and O–H groups in total. The van der Waals surface area contributed by atoms with E-state index in [2.05, 4.69) is 31.1 Å². The highest BCUT2D eigenvalue weighted by atomic mass is 79.9. The molecule has 2 aromatic heterocycles. The average Bonchev–Trinajstić information content (AvgIpc) is 2.74. The first-order chi connectivity index (χ1) is 9.10. The van der Waals surface area contributed by atoms with Crippen molar-refractivity contribution in [3.05, 3.63) is 49.6 Å². The number of nitrogens with one attached hydrogen (secondary N) is 2. The molecule has 1 amide bonds. The first-order valence-electron chi connectivity index (χ1n) is 5.32. The van der Waals surface area contributed by atoms with E-state index in [1.165, 1.54) is 18.2 Å². The fourth-order valence-corrected chi connectivity index (χ4v) is 2.51. The van der Waals surface area contributed by atoms with E-state index in [0.29, 0.717) is 21.2 Å². The van der Waals surface area contributed by atoms with Crippen molar-refractivity contribution in [3.63, 3.8) is 0 Å². The van der Waals surface area contributed by atoms with Gasteiger partial charge in [-0.3, -0.25) is 9.59 Å². The van der Waals surface area contributed by atoms with E-state index >= 15 is 0 Å². The Morgan fingerprint density at radius 1 is 1.16 bits per heavy atom. The zero-order chi connectivity index (χ0) is 13.6. The Morgan fingerprint density at radius 2 is 1.95 bits per heavy atom. The van der Waals surface area contributed by atoms with Crippen molar-refractivity contribution in [1.29, 1.82) is 0 Å².